The van der Waals surface area contributed by atoms with Gasteiger partial charge in [-0.25, -0.2) is 36.2 Å². The lowest BCUT2D eigenvalue weighted by Gasteiger charge is -2.28. The zero-order chi connectivity index (χ0) is 71.4. The quantitative estimate of drug-likeness (QED) is 0.0413. The number of ether oxygens (including phenoxy) is 2. The van der Waals surface area contributed by atoms with Gasteiger partial charge in [-0.15, -0.1) is 0 Å². The maximum absolute atomic E-state index is 13.4. The Morgan fingerprint density at radius 3 is 1.16 bits per heavy atom. The summed E-state index contributed by atoms with van der Waals surface area (Å²) in [6.45, 7) is 16.5. The van der Waals surface area contributed by atoms with Crippen molar-refractivity contribution >= 4 is 71.9 Å². The zero-order valence-corrected chi connectivity index (χ0v) is 60.1. The summed E-state index contributed by atoms with van der Waals surface area (Å²) in [5, 5.41) is 19.1. The maximum Gasteiger partial charge on any atom is 0.448 e. The minimum Gasteiger partial charge on any atom is -0.497 e. The molecular formula is C80H82BClN8O8S2. The van der Waals surface area contributed by atoms with E-state index in [0.717, 1.165) is 94.6 Å². The van der Waals surface area contributed by atoms with Gasteiger partial charge < -0.3 is 29.3 Å². The highest BCUT2D eigenvalue weighted by Gasteiger charge is 2.29. The average molecular weight is 1390 g/mol. The molecule has 0 amide bonds. The van der Waals surface area contributed by atoms with E-state index in [1.165, 1.54) is 19.2 Å². The van der Waals surface area contributed by atoms with Gasteiger partial charge in [0.05, 0.1) is 14.2 Å². The van der Waals surface area contributed by atoms with Crippen LogP contribution < -0.4 is 28.7 Å². The summed E-state index contributed by atoms with van der Waals surface area (Å²) in [7, 11) is -5.51. The van der Waals surface area contributed by atoms with Crippen molar-refractivity contribution < 1.29 is 36.4 Å². The Morgan fingerprint density at radius 1 is 0.450 bits per heavy atom. The average Bonchev–Trinajstić information content (AvgIpc) is 0.748. The van der Waals surface area contributed by atoms with Gasteiger partial charge >= 0.3 is 7.12 Å². The van der Waals surface area contributed by atoms with E-state index in [2.05, 4.69) is 138 Å². The van der Waals surface area contributed by atoms with Crippen LogP contribution in [0.4, 0.5) is 11.6 Å². The summed E-state index contributed by atoms with van der Waals surface area (Å²) in [5.74, 6) is 3.14. The van der Waals surface area contributed by atoms with Gasteiger partial charge in [-0.1, -0.05) is 194 Å². The van der Waals surface area contributed by atoms with Gasteiger partial charge in [-0.2, -0.15) is 0 Å². The van der Waals surface area contributed by atoms with Gasteiger partial charge in [0.1, 0.15) is 38.1 Å². The van der Waals surface area contributed by atoms with E-state index >= 15 is 0 Å². The molecule has 0 radical (unpaired) electrons. The Hall–Kier alpha value is -9.83. The number of anilines is 2. The zero-order valence-electron chi connectivity index (χ0n) is 57.7. The van der Waals surface area contributed by atoms with E-state index in [0.29, 0.717) is 48.7 Å². The molecule has 12 rings (SSSR count). The molecule has 4 N–H and O–H groups in total. The molecule has 512 valence electrons. The van der Waals surface area contributed by atoms with Crippen LogP contribution in [0.3, 0.4) is 0 Å². The molecule has 16 nitrogen and oxygen atoms in total. The summed E-state index contributed by atoms with van der Waals surface area (Å²) in [5.41, 5.74) is 10.7. The van der Waals surface area contributed by atoms with Crippen LogP contribution in [0, 0.1) is 6.92 Å². The van der Waals surface area contributed by atoms with Crippen molar-refractivity contribution in [3.05, 3.63) is 276 Å². The molecule has 8 aromatic carbocycles. The van der Waals surface area contributed by atoms with Gasteiger partial charge in [-0.3, -0.25) is 9.97 Å². The standard InChI is InChI=1S/C40H40N4O3S.C39H37ClN4O3S.CH5BO2/c1-28-37(32-23-34(25-41-24-32)48(45,46)43-40(2,3)4)36-18-12-17-35(31-15-10-7-11-16-31)38(36)39(42-28)44(26-29-13-8-6-9-14-29)27-30-19-21-33(47-5)22-20-30;1-39(2,3)43-48(45,46)32-22-30(23-41-24-32)35-34-17-11-16-33(29-14-9-6-10-15-29)36(34)38(42-37(35)40)44(25-27-12-7-5-8-13-27)26-28-18-20-31(47-4)21-19-28;1-2(3)4/h6-25,43H,26-27H2,1-5H3;5-24,43H,25-26H2,1-4H3;3-4H,1H3. The second-order valence-electron chi connectivity index (χ2n) is 26.2. The highest BCUT2D eigenvalue weighted by atomic mass is 35.5. The number of nitrogens with one attached hydrogen (secondary N) is 2. The van der Waals surface area contributed by atoms with Gasteiger partial charge in [0, 0.05) is 101 Å². The first-order chi connectivity index (χ1) is 47.8. The number of aromatic nitrogens is 4. The maximum atomic E-state index is 13.4. The molecule has 4 heterocycles. The normalized spacial score (nSPS) is 11.7. The minimum atomic E-state index is -3.85. The summed E-state index contributed by atoms with van der Waals surface area (Å²) in [6, 6.07) is 72.9. The van der Waals surface area contributed by atoms with Crippen LogP contribution >= 0.6 is 11.6 Å². The fraction of sp³-hybridized carbons (Fsp3) is 0.200. The molecule has 4 aromatic heterocycles. The van der Waals surface area contributed by atoms with Crippen molar-refractivity contribution in [1.29, 1.82) is 0 Å². The van der Waals surface area contributed by atoms with Crippen molar-refractivity contribution in [2.24, 2.45) is 0 Å². The fourth-order valence-corrected chi connectivity index (χ4v) is 15.0. The second-order valence-corrected chi connectivity index (χ2v) is 29.9. The number of sulfonamides is 2. The molecular weight excluding hydrogens is 1310 g/mol. The summed E-state index contributed by atoms with van der Waals surface area (Å²) in [4.78, 5) is 23.9. The minimum absolute atomic E-state index is 0.0487. The van der Waals surface area contributed by atoms with Gasteiger partial charge in [-0.05, 0) is 147 Å². The Labute approximate surface area is 592 Å². The van der Waals surface area contributed by atoms with Crippen LogP contribution in [-0.4, -0.2) is 79.2 Å². The molecule has 20 heteroatoms. The Morgan fingerprint density at radius 2 is 0.790 bits per heavy atom. The fourth-order valence-electron chi connectivity index (χ4n) is 11.8. The topological polar surface area (TPSA) is 209 Å². The number of benzene rings is 8. The number of methoxy groups -OCH3 is 2. The Bertz CT molecular complexity index is 4680. The van der Waals surface area contributed by atoms with E-state index in [4.69, 9.17) is 41.1 Å². The third kappa shape index (κ3) is 18.5. The highest BCUT2D eigenvalue weighted by molar-refractivity contribution is 7.89. The number of hydrogen-bond acceptors (Lipinski definition) is 14. The smallest absolute Gasteiger partial charge is 0.448 e. The van der Waals surface area contributed by atoms with Crippen LogP contribution in [-0.2, 0) is 46.2 Å². The molecule has 0 aliphatic rings. The van der Waals surface area contributed by atoms with E-state index in [1.807, 2.05) is 125 Å². The number of nitrogens with zero attached hydrogens (tertiary/aromatic N) is 6. The molecule has 0 fully saturated rings. The SMILES string of the molecule is CB(O)O.COc1ccc(CN(Cc2ccccc2)c2nc(C)c(-c3cncc(S(=O)(=O)NC(C)(C)C)c3)c3cccc(-c4ccccc4)c23)cc1.COc1ccc(CN(Cc2ccccc2)c2nc(Cl)c(-c3cncc(S(=O)(=O)NC(C)(C)C)c3)c3cccc(-c4ccccc4)c23)cc1. The molecule has 0 bridgehead atoms. The summed E-state index contributed by atoms with van der Waals surface area (Å²) < 4.78 is 69.7. The first kappa shape index (κ1) is 72.9. The van der Waals surface area contributed by atoms with E-state index in [9.17, 15) is 16.8 Å². The molecule has 0 spiro atoms. The number of hydrogen-bond donors (Lipinski definition) is 4. The van der Waals surface area contributed by atoms with E-state index in [-0.39, 0.29) is 14.9 Å². The third-order valence-electron chi connectivity index (χ3n) is 15.9. The third-order valence-corrected chi connectivity index (χ3v) is 19.7. The van der Waals surface area contributed by atoms with Gasteiger partial charge in [0.2, 0.25) is 20.0 Å². The lowest BCUT2D eigenvalue weighted by atomic mass is 9.92. The van der Waals surface area contributed by atoms with Crippen molar-refractivity contribution in [3.8, 4) is 56.0 Å². The van der Waals surface area contributed by atoms with Crippen LogP contribution in [0.2, 0.25) is 12.0 Å². The number of rotatable bonds is 20. The molecule has 100 heavy (non-hydrogen) atoms. The molecule has 0 saturated carbocycles. The predicted octanol–water partition coefficient (Wildman–Crippen LogP) is 16.6. The first-order valence-electron chi connectivity index (χ1n) is 32.6. The van der Waals surface area contributed by atoms with Crippen LogP contribution in [0.15, 0.2) is 253 Å². The molecule has 0 aliphatic carbocycles. The van der Waals surface area contributed by atoms with Crippen molar-refractivity contribution in [2.75, 3.05) is 24.0 Å². The molecule has 0 aliphatic heterocycles. The Balaban J connectivity index is 0.000000205. The van der Waals surface area contributed by atoms with Crippen LogP contribution in [0.5, 0.6) is 11.5 Å². The largest absolute Gasteiger partial charge is 0.497 e. The molecule has 12 aromatic rings. The second kappa shape index (κ2) is 32.0. The van der Waals surface area contributed by atoms with Crippen molar-refractivity contribution in [3.63, 3.8) is 0 Å². The number of aryl methyl sites for hydroxylation is 1. The van der Waals surface area contributed by atoms with Crippen molar-refractivity contribution in [1.82, 2.24) is 29.4 Å². The van der Waals surface area contributed by atoms with Crippen LogP contribution in [0.1, 0.15) is 69.5 Å². The predicted molar refractivity (Wildman–Crippen MR) is 405 cm³/mol. The summed E-state index contributed by atoms with van der Waals surface area (Å²) in [6.07, 6.45) is 6.09. The van der Waals surface area contributed by atoms with E-state index in [1.54, 1.807) is 59.5 Å². The molecule has 0 unspecified atom stereocenters. The van der Waals surface area contributed by atoms with Crippen LogP contribution in [0.25, 0.3) is 66.1 Å². The molecule has 0 saturated heterocycles. The first-order valence-corrected chi connectivity index (χ1v) is 36.0. The van der Waals surface area contributed by atoms with Gasteiger partial charge in [0.25, 0.3) is 0 Å². The number of fused-ring (bicyclic) bond motifs is 2. The number of pyridine rings is 4. The van der Waals surface area contributed by atoms with E-state index < -0.39 is 38.2 Å². The van der Waals surface area contributed by atoms with Crippen molar-refractivity contribution in [2.45, 2.75) is 102 Å². The monoisotopic (exact) mass is 1390 g/mol. The molecule has 0 atom stereocenters. The summed E-state index contributed by atoms with van der Waals surface area (Å²) >= 11 is 7.16. The highest BCUT2D eigenvalue weighted by Crippen LogP contribution is 2.45. The van der Waals surface area contributed by atoms with Gasteiger partial charge in [0.15, 0.2) is 0 Å². The lowest BCUT2D eigenvalue weighted by molar-refractivity contribution is 0.414. The lowest BCUT2D eigenvalue weighted by Crippen LogP contribution is -2.40. The Kier molecular flexibility index (Phi) is 23.3. The number of halogens is 1.